The number of phenols is 1. The summed E-state index contributed by atoms with van der Waals surface area (Å²) in [6.07, 6.45) is 4.17. The molecule has 0 bridgehead atoms. The van der Waals surface area contributed by atoms with E-state index in [1.54, 1.807) is 12.1 Å². The molecule has 1 aromatic rings. The number of nitrogens with zero attached hydrogens (tertiary/aromatic N) is 1. The number of phenolic OH excluding ortho intramolecular Hbond substituents is 1. The summed E-state index contributed by atoms with van der Waals surface area (Å²) in [5, 5.41) is 13.3. The summed E-state index contributed by atoms with van der Waals surface area (Å²) in [5.41, 5.74) is 1.06. The van der Waals surface area contributed by atoms with Crippen molar-refractivity contribution in [3.8, 4) is 5.75 Å². The van der Waals surface area contributed by atoms with Crippen LogP contribution in [0.2, 0.25) is 5.02 Å². The highest BCUT2D eigenvalue weighted by Gasteiger charge is 2.34. The van der Waals surface area contributed by atoms with Crippen molar-refractivity contribution in [2.75, 3.05) is 13.1 Å². The second-order valence-electron chi connectivity index (χ2n) is 6.04. The fraction of sp³-hybridized carbons (Fsp3) is 0.562. The van der Waals surface area contributed by atoms with Crippen molar-refractivity contribution in [1.82, 2.24) is 10.2 Å². The summed E-state index contributed by atoms with van der Waals surface area (Å²) in [5.74, 6) is 0.805. The Hall–Kier alpha value is -1.26. The quantitative estimate of drug-likeness (QED) is 0.899. The average molecular weight is 309 g/mol. The first-order valence-corrected chi connectivity index (χ1v) is 8.01. The number of likely N-dealkylation sites (tertiary alicyclic amines) is 1. The Bertz CT molecular complexity index is 523. The van der Waals surface area contributed by atoms with Gasteiger partial charge in [-0.2, -0.15) is 0 Å². The van der Waals surface area contributed by atoms with Crippen LogP contribution >= 0.6 is 11.6 Å². The molecule has 1 saturated carbocycles. The number of nitrogens with one attached hydrogen (secondary N) is 1. The van der Waals surface area contributed by atoms with Crippen molar-refractivity contribution in [1.29, 1.82) is 0 Å². The number of piperidine rings is 1. The molecule has 4 nitrogen and oxygen atoms in total. The van der Waals surface area contributed by atoms with Crippen LogP contribution in [0, 0.1) is 5.92 Å². The number of halogens is 1. The molecule has 0 aromatic heterocycles. The highest BCUT2D eigenvalue weighted by atomic mass is 35.5. The molecule has 2 N–H and O–H groups in total. The Morgan fingerprint density at radius 1 is 1.29 bits per heavy atom. The summed E-state index contributed by atoms with van der Waals surface area (Å²) < 4.78 is 0. The van der Waals surface area contributed by atoms with Crippen LogP contribution in [0.3, 0.4) is 0 Å². The van der Waals surface area contributed by atoms with Gasteiger partial charge in [-0.25, -0.2) is 0 Å². The zero-order valence-corrected chi connectivity index (χ0v) is 12.8. The summed E-state index contributed by atoms with van der Waals surface area (Å²) in [6, 6.07) is 5.73. The molecular formula is C16H21ClN2O2. The third kappa shape index (κ3) is 3.69. The van der Waals surface area contributed by atoms with E-state index in [0.717, 1.165) is 50.9 Å². The molecule has 21 heavy (non-hydrogen) atoms. The van der Waals surface area contributed by atoms with Crippen LogP contribution in [0.5, 0.6) is 5.75 Å². The van der Waals surface area contributed by atoms with Crippen LogP contribution in [-0.2, 0) is 11.3 Å². The highest BCUT2D eigenvalue weighted by molar-refractivity contribution is 6.32. The minimum Gasteiger partial charge on any atom is -0.506 e. The highest BCUT2D eigenvalue weighted by Crippen LogP contribution is 2.32. The van der Waals surface area contributed by atoms with E-state index in [1.807, 2.05) is 11.0 Å². The lowest BCUT2D eigenvalue weighted by atomic mass is 10.0. The first-order chi connectivity index (χ1) is 10.1. The molecule has 1 aliphatic heterocycles. The summed E-state index contributed by atoms with van der Waals surface area (Å²) in [4.78, 5) is 14.0. The maximum absolute atomic E-state index is 12.0. The largest absolute Gasteiger partial charge is 0.506 e. The summed E-state index contributed by atoms with van der Waals surface area (Å²) >= 11 is 5.90. The van der Waals surface area contributed by atoms with Crippen LogP contribution in [-0.4, -0.2) is 35.0 Å². The van der Waals surface area contributed by atoms with Gasteiger partial charge in [-0.3, -0.25) is 4.79 Å². The lowest BCUT2D eigenvalue weighted by molar-refractivity contribution is -0.133. The standard InChI is InChI=1S/C16H21ClN2O2/c17-14-9-11(1-4-15(14)20)10-18-13-5-7-19(8-6-13)16(21)12-2-3-12/h1,4,9,12-13,18,20H,2-3,5-8,10H2. The summed E-state index contributed by atoms with van der Waals surface area (Å²) in [7, 11) is 0. The van der Waals surface area contributed by atoms with Gasteiger partial charge in [0.1, 0.15) is 5.75 Å². The monoisotopic (exact) mass is 308 g/mol. The Labute approximate surface area is 130 Å². The molecule has 0 spiro atoms. The van der Waals surface area contributed by atoms with Crippen molar-refractivity contribution in [2.24, 2.45) is 5.92 Å². The predicted octanol–water partition coefficient (Wildman–Crippen LogP) is 2.54. The van der Waals surface area contributed by atoms with E-state index >= 15 is 0 Å². The molecule has 1 saturated heterocycles. The Morgan fingerprint density at radius 2 is 2.00 bits per heavy atom. The smallest absolute Gasteiger partial charge is 0.225 e. The second-order valence-corrected chi connectivity index (χ2v) is 6.45. The molecule has 1 aliphatic carbocycles. The Kier molecular flexibility index (Phi) is 4.36. The number of hydrogen-bond donors (Lipinski definition) is 2. The SMILES string of the molecule is O=C(C1CC1)N1CCC(NCc2ccc(O)c(Cl)c2)CC1. The van der Waals surface area contributed by atoms with E-state index in [4.69, 9.17) is 11.6 Å². The number of hydrogen-bond acceptors (Lipinski definition) is 3. The molecule has 5 heteroatoms. The van der Waals surface area contributed by atoms with Crippen molar-refractivity contribution in [3.05, 3.63) is 28.8 Å². The maximum atomic E-state index is 12.0. The van der Waals surface area contributed by atoms with E-state index in [9.17, 15) is 9.90 Å². The molecule has 2 aliphatic rings. The van der Waals surface area contributed by atoms with Crippen LogP contribution in [0.25, 0.3) is 0 Å². The predicted molar refractivity (Wildman–Crippen MR) is 82.3 cm³/mol. The fourth-order valence-electron chi connectivity index (χ4n) is 2.82. The third-order valence-electron chi connectivity index (χ3n) is 4.34. The van der Waals surface area contributed by atoms with Gasteiger partial charge in [0, 0.05) is 31.6 Å². The Morgan fingerprint density at radius 3 is 2.62 bits per heavy atom. The number of carbonyl (C=O) groups excluding carboxylic acids is 1. The van der Waals surface area contributed by atoms with E-state index in [0.29, 0.717) is 22.9 Å². The van der Waals surface area contributed by atoms with Crippen molar-refractivity contribution in [2.45, 2.75) is 38.3 Å². The lowest BCUT2D eigenvalue weighted by Gasteiger charge is -2.32. The van der Waals surface area contributed by atoms with Gasteiger partial charge in [0.05, 0.1) is 5.02 Å². The Balaban J connectivity index is 1.44. The number of rotatable bonds is 4. The zero-order valence-electron chi connectivity index (χ0n) is 12.0. The molecule has 0 atom stereocenters. The summed E-state index contributed by atoms with van der Waals surface area (Å²) in [6.45, 7) is 2.47. The molecule has 114 valence electrons. The number of benzene rings is 1. The van der Waals surface area contributed by atoms with Gasteiger partial charge in [-0.1, -0.05) is 17.7 Å². The molecule has 1 heterocycles. The number of aromatic hydroxyl groups is 1. The van der Waals surface area contributed by atoms with Crippen LogP contribution in [0.1, 0.15) is 31.2 Å². The van der Waals surface area contributed by atoms with E-state index < -0.39 is 0 Å². The van der Waals surface area contributed by atoms with Crippen LogP contribution in [0.15, 0.2) is 18.2 Å². The molecular weight excluding hydrogens is 288 g/mol. The van der Waals surface area contributed by atoms with Gasteiger partial charge < -0.3 is 15.3 Å². The molecule has 1 amide bonds. The van der Waals surface area contributed by atoms with Crippen LogP contribution < -0.4 is 5.32 Å². The van der Waals surface area contributed by atoms with Gasteiger partial charge in [-0.15, -0.1) is 0 Å². The molecule has 1 aromatic carbocycles. The second kappa shape index (κ2) is 6.24. The minimum atomic E-state index is 0.118. The van der Waals surface area contributed by atoms with E-state index in [2.05, 4.69) is 5.32 Å². The van der Waals surface area contributed by atoms with Crippen molar-refractivity contribution < 1.29 is 9.90 Å². The molecule has 2 fully saturated rings. The third-order valence-corrected chi connectivity index (χ3v) is 4.64. The van der Waals surface area contributed by atoms with Gasteiger partial charge >= 0.3 is 0 Å². The minimum absolute atomic E-state index is 0.118. The molecule has 0 radical (unpaired) electrons. The average Bonchev–Trinajstić information content (AvgIpc) is 3.33. The van der Waals surface area contributed by atoms with E-state index in [1.165, 1.54) is 0 Å². The van der Waals surface area contributed by atoms with Gasteiger partial charge in [-0.05, 0) is 43.4 Å². The fourth-order valence-corrected chi connectivity index (χ4v) is 3.02. The number of carbonyl (C=O) groups is 1. The van der Waals surface area contributed by atoms with Gasteiger partial charge in [0.25, 0.3) is 0 Å². The van der Waals surface area contributed by atoms with Gasteiger partial charge in [0.2, 0.25) is 5.91 Å². The van der Waals surface area contributed by atoms with Crippen LogP contribution in [0.4, 0.5) is 0 Å². The lowest BCUT2D eigenvalue weighted by Crippen LogP contribution is -2.45. The topological polar surface area (TPSA) is 52.6 Å². The molecule has 0 unspecified atom stereocenters. The van der Waals surface area contributed by atoms with Crippen molar-refractivity contribution in [3.63, 3.8) is 0 Å². The zero-order chi connectivity index (χ0) is 14.8. The first kappa shape index (κ1) is 14.7. The molecule has 3 rings (SSSR count). The van der Waals surface area contributed by atoms with Crippen molar-refractivity contribution >= 4 is 17.5 Å². The maximum Gasteiger partial charge on any atom is 0.225 e. The van der Waals surface area contributed by atoms with Gasteiger partial charge in [0.15, 0.2) is 0 Å². The first-order valence-electron chi connectivity index (χ1n) is 7.63. The van der Waals surface area contributed by atoms with E-state index in [-0.39, 0.29) is 5.75 Å². The number of amides is 1. The normalized spacial score (nSPS) is 19.8.